The molecule has 1 rings (SSSR count). The Morgan fingerprint density at radius 2 is 2.00 bits per heavy atom. The fourth-order valence-corrected chi connectivity index (χ4v) is 1.87. The molecule has 0 spiro atoms. The van der Waals surface area contributed by atoms with Crippen LogP contribution in [0.5, 0.6) is 0 Å². The van der Waals surface area contributed by atoms with Crippen LogP contribution in [0.15, 0.2) is 47.4 Å². The first-order valence-electron chi connectivity index (χ1n) is 3.89. The van der Waals surface area contributed by atoms with E-state index in [4.69, 9.17) is 0 Å². The third kappa shape index (κ3) is 2.62. The van der Waals surface area contributed by atoms with Gasteiger partial charge in [0.05, 0.1) is 10.8 Å². The maximum Gasteiger partial charge on any atom is 0.0567 e. The molecule has 0 aliphatic heterocycles. The van der Waals surface area contributed by atoms with Crippen molar-refractivity contribution in [3.05, 3.63) is 42.5 Å². The van der Waals surface area contributed by atoms with Crippen LogP contribution >= 0.6 is 0 Å². The average Bonchev–Trinajstić information content (AvgIpc) is 2.15. The van der Waals surface area contributed by atoms with Crippen molar-refractivity contribution in [3.63, 3.8) is 0 Å². The van der Waals surface area contributed by atoms with Crippen molar-refractivity contribution in [1.29, 1.82) is 0 Å². The molecule has 2 heteroatoms. The molecule has 1 unspecified atom stereocenters. The summed E-state index contributed by atoms with van der Waals surface area (Å²) in [7, 11) is -0.870. The van der Waals surface area contributed by atoms with E-state index in [1.807, 2.05) is 49.4 Å². The molecule has 0 heterocycles. The van der Waals surface area contributed by atoms with Gasteiger partial charge in [0.1, 0.15) is 0 Å². The van der Waals surface area contributed by atoms with E-state index >= 15 is 0 Å². The van der Waals surface area contributed by atoms with Crippen molar-refractivity contribution in [2.45, 2.75) is 11.8 Å². The van der Waals surface area contributed by atoms with Crippen molar-refractivity contribution in [3.8, 4) is 0 Å². The maximum atomic E-state index is 11.5. The lowest BCUT2D eigenvalue weighted by Gasteiger charge is -1.96. The highest BCUT2D eigenvalue weighted by Gasteiger charge is 1.98. The zero-order chi connectivity index (χ0) is 8.81. The average molecular weight is 180 g/mol. The molecule has 0 aliphatic carbocycles. The van der Waals surface area contributed by atoms with E-state index < -0.39 is 10.8 Å². The van der Waals surface area contributed by atoms with Crippen LogP contribution in [0.3, 0.4) is 0 Å². The molecule has 64 valence electrons. The highest BCUT2D eigenvalue weighted by Crippen LogP contribution is 2.05. The predicted octanol–water partition coefficient (Wildman–Crippen LogP) is 2.37. The molecular formula is C10H12OS. The number of hydrogen-bond donors (Lipinski definition) is 0. The van der Waals surface area contributed by atoms with E-state index in [1.54, 1.807) is 0 Å². The first-order chi connectivity index (χ1) is 5.84. The second-order valence-electron chi connectivity index (χ2n) is 2.39. The lowest BCUT2D eigenvalue weighted by Crippen LogP contribution is -1.93. The molecule has 0 fully saturated rings. The van der Waals surface area contributed by atoms with Crippen LogP contribution in [0, 0.1) is 0 Å². The molecule has 0 N–H and O–H groups in total. The van der Waals surface area contributed by atoms with Crippen LogP contribution in [-0.2, 0) is 10.8 Å². The van der Waals surface area contributed by atoms with Crippen LogP contribution in [0.1, 0.15) is 6.92 Å². The number of rotatable bonds is 3. The van der Waals surface area contributed by atoms with Gasteiger partial charge in [-0.25, -0.2) is 0 Å². The first-order valence-corrected chi connectivity index (χ1v) is 5.21. The zero-order valence-electron chi connectivity index (χ0n) is 7.07. The lowest BCUT2D eigenvalue weighted by atomic mass is 10.4. The number of allylic oxidation sites excluding steroid dienone is 1. The lowest BCUT2D eigenvalue weighted by molar-refractivity contribution is 0.685. The fraction of sp³-hybridized carbons (Fsp3) is 0.200. The Morgan fingerprint density at radius 1 is 1.33 bits per heavy atom. The summed E-state index contributed by atoms with van der Waals surface area (Å²) in [5, 5.41) is 0. The maximum absolute atomic E-state index is 11.5. The molecule has 12 heavy (non-hydrogen) atoms. The molecule has 0 aliphatic rings. The van der Waals surface area contributed by atoms with Gasteiger partial charge in [0, 0.05) is 10.6 Å². The van der Waals surface area contributed by atoms with Crippen LogP contribution in [0.2, 0.25) is 0 Å². The van der Waals surface area contributed by atoms with Gasteiger partial charge in [-0.1, -0.05) is 30.4 Å². The smallest absolute Gasteiger partial charge is 0.0567 e. The summed E-state index contributed by atoms with van der Waals surface area (Å²) in [5.74, 6) is 0.612. The molecule has 0 bridgehead atoms. The van der Waals surface area contributed by atoms with Gasteiger partial charge in [0.2, 0.25) is 0 Å². The molecule has 1 aromatic rings. The Balaban J connectivity index is 2.66. The second-order valence-corrected chi connectivity index (χ2v) is 3.89. The van der Waals surface area contributed by atoms with Crippen molar-refractivity contribution in [2.24, 2.45) is 0 Å². The van der Waals surface area contributed by atoms with E-state index in [1.165, 1.54) is 0 Å². The van der Waals surface area contributed by atoms with Crippen LogP contribution in [0.25, 0.3) is 0 Å². The second kappa shape index (κ2) is 4.88. The van der Waals surface area contributed by atoms with E-state index in [2.05, 4.69) is 0 Å². The van der Waals surface area contributed by atoms with Gasteiger partial charge in [-0.2, -0.15) is 0 Å². The molecule has 1 nitrogen and oxygen atoms in total. The van der Waals surface area contributed by atoms with Gasteiger partial charge < -0.3 is 0 Å². The Labute approximate surface area is 75.6 Å². The minimum absolute atomic E-state index is 0.612. The SMILES string of the molecule is CC=CCS(=O)c1ccccc1. The minimum Gasteiger partial charge on any atom is -0.254 e. The Bertz CT molecular complexity index is 277. The van der Waals surface area contributed by atoms with Crippen LogP contribution in [-0.4, -0.2) is 9.96 Å². The van der Waals surface area contributed by atoms with Gasteiger partial charge in [0.25, 0.3) is 0 Å². The monoisotopic (exact) mass is 180 g/mol. The molecular weight excluding hydrogens is 168 g/mol. The summed E-state index contributed by atoms with van der Waals surface area (Å²) in [6.07, 6.45) is 3.84. The normalized spacial score (nSPS) is 13.4. The summed E-state index contributed by atoms with van der Waals surface area (Å²) in [4.78, 5) is 0.899. The Morgan fingerprint density at radius 3 is 2.58 bits per heavy atom. The van der Waals surface area contributed by atoms with Crippen molar-refractivity contribution in [1.82, 2.24) is 0 Å². The quantitative estimate of drug-likeness (QED) is 0.653. The van der Waals surface area contributed by atoms with Gasteiger partial charge in [-0.15, -0.1) is 0 Å². The minimum atomic E-state index is -0.870. The topological polar surface area (TPSA) is 17.1 Å². The third-order valence-corrected chi connectivity index (χ3v) is 2.78. The predicted molar refractivity (Wildman–Crippen MR) is 52.5 cm³/mol. The van der Waals surface area contributed by atoms with Crippen LogP contribution < -0.4 is 0 Å². The molecule has 0 saturated heterocycles. The first kappa shape index (κ1) is 9.20. The van der Waals surface area contributed by atoms with Gasteiger partial charge >= 0.3 is 0 Å². The van der Waals surface area contributed by atoms with E-state index in [-0.39, 0.29) is 0 Å². The number of benzene rings is 1. The Hall–Kier alpha value is -0.890. The zero-order valence-corrected chi connectivity index (χ0v) is 7.88. The van der Waals surface area contributed by atoms with Crippen LogP contribution in [0.4, 0.5) is 0 Å². The van der Waals surface area contributed by atoms with Gasteiger partial charge in [-0.05, 0) is 19.1 Å². The molecule has 0 aromatic heterocycles. The van der Waals surface area contributed by atoms with E-state index in [0.717, 1.165) is 4.90 Å². The molecule has 1 atom stereocenters. The van der Waals surface area contributed by atoms with E-state index in [9.17, 15) is 4.21 Å². The largest absolute Gasteiger partial charge is 0.254 e. The summed E-state index contributed by atoms with van der Waals surface area (Å²) in [5.41, 5.74) is 0. The van der Waals surface area contributed by atoms with E-state index in [0.29, 0.717) is 5.75 Å². The van der Waals surface area contributed by atoms with Crippen molar-refractivity contribution >= 4 is 10.8 Å². The summed E-state index contributed by atoms with van der Waals surface area (Å²) < 4.78 is 11.5. The molecule has 0 amide bonds. The summed E-state index contributed by atoms with van der Waals surface area (Å²) >= 11 is 0. The summed E-state index contributed by atoms with van der Waals surface area (Å²) in [6, 6.07) is 9.52. The highest BCUT2D eigenvalue weighted by molar-refractivity contribution is 7.85. The van der Waals surface area contributed by atoms with Crippen molar-refractivity contribution in [2.75, 3.05) is 5.75 Å². The fourth-order valence-electron chi connectivity index (χ4n) is 0.852. The van der Waals surface area contributed by atoms with Gasteiger partial charge in [0.15, 0.2) is 0 Å². The Kier molecular flexibility index (Phi) is 3.74. The molecule has 1 aromatic carbocycles. The summed E-state index contributed by atoms with van der Waals surface area (Å²) in [6.45, 7) is 1.93. The highest BCUT2D eigenvalue weighted by atomic mass is 32.2. The molecule has 0 radical (unpaired) electrons. The standard InChI is InChI=1S/C10H12OS/c1-2-3-9-12(11)10-7-5-4-6-8-10/h2-8H,9H2,1H3. The van der Waals surface area contributed by atoms with Crippen molar-refractivity contribution < 1.29 is 4.21 Å². The molecule has 0 saturated carbocycles. The number of hydrogen-bond acceptors (Lipinski definition) is 1. The van der Waals surface area contributed by atoms with Gasteiger partial charge in [-0.3, -0.25) is 4.21 Å². The third-order valence-electron chi connectivity index (χ3n) is 1.49.